The van der Waals surface area contributed by atoms with Gasteiger partial charge in [-0.05, 0) is 79.3 Å². The van der Waals surface area contributed by atoms with Crippen LogP contribution in [-0.4, -0.2) is 22.6 Å². The van der Waals surface area contributed by atoms with Gasteiger partial charge in [-0.1, -0.05) is 44.2 Å². The number of carbonyl (C=O) groups is 1. The molecule has 0 saturated carbocycles. The lowest BCUT2D eigenvalue weighted by Gasteiger charge is -2.27. The molecule has 0 aliphatic heterocycles. The minimum absolute atomic E-state index is 0.0268. The quantitative estimate of drug-likeness (QED) is 0.560. The van der Waals surface area contributed by atoms with E-state index >= 15 is 0 Å². The molecule has 0 aliphatic carbocycles. The summed E-state index contributed by atoms with van der Waals surface area (Å²) in [6.07, 6.45) is 1.81. The largest absolute Gasteiger partial charge is 0.396 e. The summed E-state index contributed by atoms with van der Waals surface area (Å²) in [6, 6.07) is 10.8. The number of benzene rings is 2. The predicted octanol–water partition coefficient (Wildman–Crippen LogP) is 5.23. The van der Waals surface area contributed by atoms with Crippen molar-refractivity contribution in [2.24, 2.45) is 5.92 Å². The van der Waals surface area contributed by atoms with E-state index in [2.05, 4.69) is 6.92 Å². The van der Waals surface area contributed by atoms with E-state index in [0.29, 0.717) is 24.8 Å². The SMILES string of the molecule is Cc1cccc(F)c1CC(=O)CC[C@@H](C)c1cccc(C(C)(C)O)c1C[C@@H](C)CO. The summed E-state index contributed by atoms with van der Waals surface area (Å²) >= 11 is 0. The standard InChI is InChI=1S/C26H35FO3/c1-17(16-28)14-23-21(9-7-10-24(23)26(4,5)30)19(3)12-13-20(29)15-22-18(2)8-6-11-25(22)27/h6-11,17,19,28,30H,12-16H2,1-5H3/t17-,19-/m1/s1. The number of aliphatic hydroxyl groups is 2. The molecule has 4 heteroatoms. The topological polar surface area (TPSA) is 57.5 Å². The second kappa shape index (κ2) is 10.3. The molecular weight excluding hydrogens is 379 g/mol. The fraction of sp³-hybridized carbons (Fsp3) is 0.500. The Morgan fingerprint density at radius 1 is 1.10 bits per heavy atom. The lowest BCUT2D eigenvalue weighted by Crippen LogP contribution is -2.21. The van der Waals surface area contributed by atoms with Gasteiger partial charge in [-0.2, -0.15) is 0 Å². The van der Waals surface area contributed by atoms with Gasteiger partial charge in [0.2, 0.25) is 0 Å². The minimum Gasteiger partial charge on any atom is -0.396 e. The summed E-state index contributed by atoms with van der Waals surface area (Å²) in [7, 11) is 0. The van der Waals surface area contributed by atoms with Crippen molar-refractivity contribution < 1.29 is 19.4 Å². The van der Waals surface area contributed by atoms with E-state index in [1.807, 2.05) is 38.1 Å². The van der Waals surface area contributed by atoms with E-state index in [-0.39, 0.29) is 36.5 Å². The monoisotopic (exact) mass is 414 g/mol. The lowest BCUT2D eigenvalue weighted by molar-refractivity contribution is -0.118. The average molecular weight is 415 g/mol. The number of aryl methyl sites for hydroxylation is 1. The molecule has 2 aromatic carbocycles. The summed E-state index contributed by atoms with van der Waals surface area (Å²) in [6.45, 7) is 9.50. The molecule has 0 saturated heterocycles. The Bertz CT molecular complexity index is 847. The number of rotatable bonds is 10. The number of hydrogen-bond acceptors (Lipinski definition) is 3. The van der Waals surface area contributed by atoms with Crippen molar-refractivity contribution in [1.82, 2.24) is 0 Å². The molecule has 2 rings (SSSR count). The molecule has 0 unspecified atom stereocenters. The normalized spacial score (nSPS) is 13.9. The second-order valence-electron chi connectivity index (χ2n) is 9.11. The first-order valence-corrected chi connectivity index (χ1v) is 10.8. The third-order valence-electron chi connectivity index (χ3n) is 5.85. The number of Topliss-reactive ketones (excluding diaryl/α,β-unsaturated/α-hetero) is 1. The highest BCUT2D eigenvalue weighted by Gasteiger charge is 2.24. The highest BCUT2D eigenvalue weighted by atomic mass is 19.1. The van der Waals surface area contributed by atoms with Gasteiger partial charge in [0.25, 0.3) is 0 Å². The number of hydrogen-bond donors (Lipinski definition) is 2. The third kappa shape index (κ3) is 6.23. The van der Waals surface area contributed by atoms with Crippen molar-refractivity contribution in [3.8, 4) is 0 Å². The van der Waals surface area contributed by atoms with Gasteiger partial charge in [-0.15, -0.1) is 0 Å². The van der Waals surface area contributed by atoms with Crippen LogP contribution in [0.25, 0.3) is 0 Å². The van der Waals surface area contributed by atoms with Crippen LogP contribution in [0.4, 0.5) is 4.39 Å². The van der Waals surface area contributed by atoms with Crippen molar-refractivity contribution >= 4 is 5.78 Å². The predicted molar refractivity (Wildman–Crippen MR) is 119 cm³/mol. The van der Waals surface area contributed by atoms with Crippen LogP contribution < -0.4 is 0 Å². The van der Waals surface area contributed by atoms with Gasteiger partial charge < -0.3 is 10.2 Å². The molecule has 3 nitrogen and oxygen atoms in total. The average Bonchev–Trinajstić information content (AvgIpc) is 2.68. The molecule has 0 spiro atoms. The van der Waals surface area contributed by atoms with Crippen molar-refractivity contribution in [2.45, 2.75) is 71.8 Å². The Labute approximate surface area is 180 Å². The molecule has 164 valence electrons. The van der Waals surface area contributed by atoms with Crippen LogP contribution in [0.15, 0.2) is 36.4 Å². The zero-order chi connectivity index (χ0) is 22.5. The van der Waals surface area contributed by atoms with Crippen molar-refractivity contribution in [1.29, 1.82) is 0 Å². The zero-order valence-electron chi connectivity index (χ0n) is 18.8. The zero-order valence-corrected chi connectivity index (χ0v) is 18.8. The van der Waals surface area contributed by atoms with E-state index in [9.17, 15) is 19.4 Å². The second-order valence-corrected chi connectivity index (χ2v) is 9.11. The highest BCUT2D eigenvalue weighted by Crippen LogP contribution is 2.33. The van der Waals surface area contributed by atoms with E-state index in [1.165, 1.54) is 6.07 Å². The van der Waals surface area contributed by atoms with Gasteiger partial charge in [0, 0.05) is 19.4 Å². The molecule has 2 aromatic rings. The van der Waals surface area contributed by atoms with E-state index in [0.717, 1.165) is 22.3 Å². The Balaban J connectivity index is 2.18. The molecule has 0 fully saturated rings. The van der Waals surface area contributed by atoms with E-state index in [4.69, 9.17) is 0 Å². The molecule has 0 aromatic heterocycles. The molecule has 2 atom stereocenters. The van der Waals surface area contributed by atoms with Crippen LogP contribution in [0.1, 0.15) is 74.3 Å². The summed E-state index contributed by atoms with van der Waals surface area (Å²) in [5.74, 6) is -0.113. The number of ketones is 1. The number of carbonyl (C=O) groups excluding carboxylic acids is 1. The van der Waals surface area contributed by atoms with Crippen LogP contribution in [0.2, 0.25) is 0 Å². The number of halogens is 1. The fourth-order valence-corrected chi connectivity index (χ4v) is 3.99. The van der Waals surface area contributed by atoms with Crippen molar-refractivity contribution in [2.75, 3.05) is 6.61 Å². The molecule has 0 aliphatic rings. The fourth-order valence-electron chi connectivity index (χ4n) is 3.99. The van der Waals surface area contributed by atoms with Crippen molar-refractivity contribution in [3.63, 3.8) is 0 Å². The number of aliphatic hydroxyl groups excluding tert-OH is 1. The van der Waals surface area contributed by atoms with E-state index in [1.54, 1.807) is 19.9 Å². The first-order chi connectivity index (χ1) is 14.0. The Kier molecular flexibility index (Phi) is 8.34. The Morgan fingerprint density at radius 3 is 2.37 bits per heavy atom. The van der Waals surface area contributed by atoms with Crippen LogP contribution >= 0.6 is 0 Å². The first-order valence-electron chi connectivity index (χ1n) is 10.8. The van der Waals surface area contributed by atoms with Gasteiger partial charge in [0.1, 0.15) is 11.6 Å². The van der Waals surface area contributed by atoms with Gasteiger partial charge >= 0.3 is 0 Å². The molecule has 0 heterocycles. The summed E-state index contributed by atoms with van der Waals surface area (Å²) in [5.41, 5.74) is 3.31. The van der Waals surface area contributed by atoms with Crippen LogP contribution in [0, 0.1) is 18.7 Å². The summed E-state index contributed by atoms with van der Waals surface area (Å²) in [5, 5.41) is 20.2. The maximum Gasteiger partial charge on any atom is 0.137 e. The molecular formula is C26H35FO3. The molecule has 2 N–H and O–H groups in total. The Hall–Kier alpha value is -2.04. The van der Waals surface area contributed by atoms with Gasteiger partial charge in [0.15, 0.2) is 0 Å². The van der Waals surface area contributed by atoms with Gasteiger partial charge in [-0.3, -0.25) is 4.79 Å². The van der Waals surface area contributed by atoms with Crippen LogP contribution in [-0.2, 0) is 23.2 Å². The minimum atomic E-state index is -0.988. The molecule has 0 radical (unpaired) electrons. The summed E-state index contributed by atoms with van der Waals surface area (Å²) in [4.78, 5) is 12.5. The maximum atomic E-state index is 14.0. The van der Waals surface area contributed by atoms with Gasteiger partial charge in [0.05, 0.1) is 5.60 Å². The van der Waals surface area contributed by atoms with Crippen LogP contribution in [0.5, 0.6) is 0 Å². The maximum absolute atomic E-state index is 14.0. The Morgan fingerprint density at radius 2 is 1.77 bits per heavy atom. The van der Waals surface area contributed by atoms with Crippen molar-refractivity contribution in [3.05, 3.63) is 70.0 Å². The van der Waals surface area contributed by atoms with Crippen LogP contribution in [0.3, 0.4) is 0 Å². The molecule has 0 amide bonds. The molecule has 0 bridgehead atoms. The highest BCUT2D eigenvalue weighted by molar-refractivity contribution is 5.81. The summed E-state index contributed by atoms with van der Waals surface area (Å²) < 4.78 is 14.0. The lowest BCUT2D eigenvalue weighted by atomic mass is 9.81. The first kappa shape index (κ1) is 24.2. The molecule has 30 heavy (non-hydrogen) atoms. The van der Waals surface area contributed by atoms with E-state index < -0.39 is 5.60 Å². The smallest absolute Gasteiger partial charge is 0.137 e. The van der Waals surface area contributed by atoms with Gasteiger partial charge in [-0.25, -0.2) is 4.39 Å². The third-order valence-corrected chi connectivity index (χ3v) is 5.85.